The predicted molar refractivity (Wildman–Crippen MR) is 86.3 cm³/mol. The molecule has 2 rings (SSSR count). The Bertz CT molecular complexity index is 614. The molecule has 0 atom stereocenters. The molecule has 0 heterocycles. The van der Waals surface area contributed by atoms with Crippen molar-refractivity contribution in [1.29, 1.82) is 0 Å². The van der Waals surface area contributed by atoms with Crippen molar-refractivity contribution in [1.82, 2.24) is 5.32 Å². The van der Waals surface area contributed by atoms with Gasteiger partial charge in [0.25, 0.3) is 0 Å². The van der Waals surface area contributed by atoms with Crippen LogP contribution in [0.1, 0.15) is 11.1 Å². The molecule has 3 nitrogen and oxygen atoms in total. The van der Waals surface area contributed by atoms with Crippen LogP contribution in [-0.4, -0.2) is 20.3 Å². The van der Waals surface area contributed by atoms with Gasteiger partial charge in [-0.05, 0) is 36.2 Å². The second-order valence-corrected chi connectivity index (χ2v) is 5.29. The molecule has 0 saturated heterocycles. The highest BCUT2D eigenvalue weighted by molar-refractivity contribution is 6.32. The van der Waals surface area contributed by atoms with E-state index in [2.05, 4.69) is 5.32 Å². The third-order valence-electron chi connectivity index (χ3n) is 3.23. The molecule has 0 unspecified atom stereocenters. The summed E-state index contributed by atoms with van der Waals surface area (Å²) in [6, 6.07) is 10.6. The van der Waals surface area contributed by atoms with E-state index >= 15 is 0 Å². The average Bonchev–Trinajstić information content (AvgIpc) is 2.49. The summed E-state index contributed by atoms with van der Waals surface area (Å²) in [5, 5.41) is 3.81. The Morgan fingerprint density at radius 1 is 1.23 bits per heavy atom. The fourth-order valence-electron chi connectivity index (χ4n) is 2.08. The maximum atomic E-state index is 13.5. The maximum absolute atomic E-state index is 13.5. The van der Waals surface area contributed by atoms with Crippen molar-refractivity contribution in [3.8, 4) is 11.5 Å². The van der Waals surface area contributed by atoms with Gasteiger partial charge >= 0.3 is 0 Å². The first-order valence-corrected chi connectivity index (χ1v) is 7.40. The van der Waals surface area contributed by atoms with Gasteiger partial charge in [0.1, 0.15) is 12.4 Å². The molecule has 2 aromatic carbocycles. The second-order valence-electron chi connectivity index (χ2n) is 4.88. The van der Waals surface area contributed by atoms with Crippen LogP contribution >= 0.6 is 11.6 Å². The molecule has 0 saturated carbocycles. The second kappa shape index (κ2) is 8.01. The maximum Gasteiger partial charge on any atom is 0.165 e. The number of methoxy groups -OCH3 is 1. The monoisotopic (exact) mass is 323 g/mol. The zero-order valence-electron chi connectivity index (χ0n) is 12.7. The molecule has 2 aromatic rings. The van der Waals surface area contributed by atoms with Crippen molar-refractivity contribution in [2.45, 2.75) is 13.5 Å². The summed E-state index contributed by atoms with van der Waals surface area (Å²) in [5.74, 6) is 0.604. The van der Waals surface area contributed by atoms with Crippen LogP contribution in [0.15, 0.2) is 36.4 Å². The third kappa shape index (κ3) is 4.36. The van der Waals surface area contributed by atoms with Gasteiger partial charge in [-0.3, -0.25) is 0 Å². The standard InChI is InChI=1S/C17H19ClFNO2/c1-12-4-3-5-14(18)17(12)22-9-8-20-11-13-6-7-16(21-2)15(19)10-13/h3-7,10,20H,8-9,11H2,1-2H3. The van der Waals surface area contributed by atoms with Crippen molar-refractivity contribution in [3.05, 3.63) is 58.4 Å². The molecule has 0 spiro atoms. The molecule has 22 heavy (non-hydrogen) atoms. The van der Waals surface area contributed by atoms with Crippen molar-refractivity contribution >= 4 is 11.6 Å². The number of rotatable bonds is 7. The SMILES string of the molecule is COc1ccc(CNCCOc2c(C)cccc2Cl)cc1F. The van der Waals surface area contributed by atoms with Crippen molar-refractivity contribution in [2.24, 2.45) is 0 Å². The molecule has 0 bridgehead atoms. The van der Waals surface area contributed by atoms with Gasteiger partial charge in [0.05, 0.1) is 12.1 Å². The summed E-state index contributed by atoms with van der Waals surface area (Å²) in [5.41, 5.74) is 1.86. The minimum absolute atomic E-state index is 0.251. The minimum Gasteiger partial charge on any atom is -0.494 e. The number of ether oxygens (including phenoxy) is 2. The lowest BCUT2D eigenvalue weighted by Crippen LogP contribution is -2.21. The van der Waals surface area contributed by atoms with Gasteiger partial charge in [0.2, 0.25) is 0 Å². The molecule has 0 aliphatic heterocycles. The molecule has 118 valence electrons. The van der Waals surface area contributed by atoms with E-state index in [0.717, 1.165) is 11.1 Å². The molecule has 1 N–H and O–H groups in total. The van der Waals surface area contributed by atoms with Gasteiger partial charge in [-0.25, -0.2) is 4.39 Å². The Labute approximate surface area is 135 Å². The molecule has 0 aliphatic rings. The number of halogens is 2. The zero-order valence-corrected chi connectivity index (χ0v) is 13.4. The number of hydrogen-bond donors (Lipinski definition) is 1. The van der Waals surface area contributed by atoms with E-state index in [1.165, 1.54) is 13.2 Å². The van der Waals surface area contributed by atoms with Crippen LogP contribution in [0.2, 0.25) is 5.02 Å². The zero-order chi connectivity index (χ0) is 15.9. The lowest BCUT2D eigenvalue weighted by molar-refractivity contribution is 0.312. The average molecular weight is 324 g/mol. The van der Waals surface area contributed by atoms with E-state index in [0.29, 0.717) is 30.5 Å². The van der Waals surface area contributed by atoms with E-state index in [9.17, 15) is 4.39 Å². The molecule has 0 radical (unpaired) electrons. The Hall–Kier alpha value is -1.78. The summed E-state index contributed by atoms with van der Waals surface area (Å²) < 4.78 is 24.1. The van der Waals surface area contributed by atoms with Gasteiger partial charge in [-0.15, -0.1) is 0 Å². The lowest BCUT2D eigenvalue weighted by Gasteiger charge is -2.11. The Balaban J connectivity index is 1.77. The fraction of sp³-hybridized carbons (Fsp3) is 0.294. The van der Waals surface area contributed by atoms with Crippen LogP contribution in [0.5, 0.6) is 11.5 Å². The lowest BCUT2D eigenvalue weighted by atomic mass is 10.2. The highest BCUT2D eigenvalue weighted by Gasteiger charge is 2.05. The molecule has 0 aromatic heterocycles. The van der Waals surface area contributed by atoms with E-state index in [-0.39, 0.29) is 11.6 Å². The van der Waals surface area contributed by atoms with Crippen LogP contribution in [0, 0.1) is 12.7 Å². The van der Waals surface area contributed by atoms with Gasteiger partial charge < -0.3 is 14.8 Å². The van der Waals surface area contributed by atoms with E-state index in [1.54, 1.807) is 12.1 Å². The number of aryl methyl sites for hydroxylation is 1. The van der Waals surface area contributed by atoms with Gasteiger partial charge in [0, 0.05) is 13.1 Å². The van der Waals surface area contributed by atoms with Crippen LogP contribution in [-0.2, 0) is 6.54 Å². The number of nitrogens with one attached hydrogen (secondary N) is 1. The Morgan fingerprint density at radius 2 is 2.05 bits per heavy atom. The normalized spacial score (nSPS) is 10.5. The van der Waals surface area contributed by atoms with E-state index in [1.807, 2.05) is 25.1 Å². The summed E-state index contributed by atoms with van der Waals surface area (Å²) in [4.78, 5) is 0. The Kier molecular flexibility index (Phi) is 6.04. The first-order valence-electron chi connectivity index (χ1n) is 7.03. The summed E-state index contributed by atoms with van der Waals surface area (Å²) in [6.07, 6.45) is 0. The quantitative estimate of drug-likeness (QED) is 0.782. The van der Waals surface area contributed by atoms with Crippen LogP contribution in [0.4, 0.5) is 4.39 Å². The highest BCUT2D eigenvalue weighted by Crippen LogP contribution is 2.27. The number of para-hydroxylation sites is 1. The van der Waals surface area contributed by atoms with Gasteiger partial charge in [0.15, 0.2) is 11.6 Å². The summed E-state index contributed by atoms with van der Waals surface area (Å²) >= 11 is 6.09. The summed E-state index contributed by atoms with van der Waals surface area (Å²) in [6.45, 7) is 3.64. The largest absolute Gasteiger partial charge is 0.494 e. The predicted octanol–water partition coefficient (Wildman–Crippen LogP) is 3.96. The Morgan fingerprint density at radius 3 is 2.73 bits per heavy atom. The molecule has 0 amide bonds. The van der Waals surface area contributed by atoms with Gasteiger partial charge in [-0.1, -0.05) is 29.8 Å². The van der Waals surface area contributed by atoms with E-state index in [4.69, 9.17) is 21.1 Å². The third-order valence-corrected chi connectivity index (χ3v) is 3.53. The highest BCUT2D eigenvalue weighted by atomic mass is 35.5. The minimum atomic E-state index is -0.357. The van der Waals surface area contributed by atoms with E-state index < -0.39 is 0 Å². The molecule has 0 fully saturated rings. The first kappa shape index (κ1) is 16.6. The van der Waals surface area contributed by atoms with Crippen LogP contribution in [0.25, 0.3) is 0 Å². The number of benzene rings is 2. The van der Waals surface area contributed by atoms with Crippen molar-refractivity contribution in [2.75, 3.05) is 20.3 Å². The van der Waals surface area contributed by atoms with Crippen LogP contribution < -0.4 is 14.8 Å². The molecule has 5 heteroatoms. The first-order chi connectivity index (χ1) is 10.6. The van der Waals surface area contributed by atoms with Crippen molar-refractivity contribution < 1.29 is 13.9 Å². The fourth-order valence-corrected chi connectivity index (χ4v) is 2.35. The van der Waals surface area contributed by atoms with Crippen molar-refractivity contribution in [3.63, 3.8) is 0 Å². The smallest absolute Gasteiger partial charge is 0.165 e. The topological polar surface area (TPSA) is 30.5 Å². The molecule has 0 aliphatic carbocycles. The van der Waals surface area contributed by atoms with Gasteiger partial charge in [-0.2, -0.15) is 0 Å². The molecular formula is C17H19ClFNO2. The number of hydrogen-bond acceptors (Lipinski definition) is 3. The van der Waals surface area contributed by atoms with Crippen LogP contribution in [0.3, 0.4) is 0 Å². The summed E-state index contributed by atoms with van der Waals surface area (Å²) in [7, 11) is 1.45. The molecular weight excluding hydrogens is 305 g/mol.